The van der Waals surface area contributed by atoms with Crippen molar-refractivity contribution in [3.8, 4) is 5.75 Å². The van der Waals surface area contributed by atoms with E-state index in [1.54, 1.807) is 6.92 Å². The van der Waals surface area contributed by atoms with Crippen LogP contribution in [-0.4, -0.2) is 32.9 Å². The maximum absolute atomic E-state index is 12.4. The van der Waals surface area contributed by atoms with E-state index < -0.39 is 40.5 Å². The summed E-state index contributed by atoms with van der Waals surface area (Å²) in [4.78, 5) is 21.5. The topological polar surface area (TPSA) is 139 Å². The summed E-state index contributed by atoms with van der Waals surface area (Å²) in [6, 6.07) is 1.01. The highest BCUT2D eigenvalue weighted by Crippen LogP contribution is 2.30. The summed E-state index contributed by atoms with van der Waals surface area (Å²) in [6.07, 6.45) is 0. The number of nitrogens with one attached hydrogen (secondary N) is 1. The minimum absolute atomic E-state index is 0.0909. The molecule has 0 fully saturated rings. The highest BCUT2D eigenvalue weighted by Gasteiger charge is 2.26. The highest BCUT2D eigenvalue weighted by molar-refractivity contribution is 7.89. The van der Waals surface area contributed by atoms with Gasteiger partial charge in [-0.05, 0) is 24.5 Å². The standard InChI is InChI=1S/C14H19ClN2O6S/c1-7(2)13(14(19)20)17-24(21,22)11-5-10(23-6-12(16)18)8(3)4-9(11)15/h4-5,7,13,17H,6H2,1-3H3,(H2,16,18)(H,19,20)/p-1/t13-/m0/s1. The van der Waals surface area contributed by atoms with Gasteiger partial charge in [-0.3, -0.25) is 4.79 Å². The zero-order chi connectivity index (χ0) is 18.7. The molecule has 134 valence electrons. The van der Waals surface area contributed by atoms with Crippen LogP contribution in [0.4, 0.5) is 0 Å². The van der Waals surface area contributed by atoms with Crippen LogP contribution in [0.25, 0.3) is 0 Å². The molecule has 0 aromatic heterocycles. The number of primary amides is 1. The molecule has 1 aromatic carbocycles. The number of benzene rings is 1. The van der Waals surface area contributed by atoms with Gasteiger partial charge >= 0.3 is 0 Å². The molecule has 0 heterocycles. The second kappa shape index (κ2) is 7.82. The van der Waals surface area contributed by atoms with Gasteiger partial charge in [0.05, 0.1) is 17.0 Å². The molecule has 1 amide bonds. The van der Waals surface area contributed by atoms with Gasteiger partial charge in [0, 0.05) is 6.07 Å². The van der Waals surface area contributed by atoms with Crippen molar-refractivity contribution >= 4 is 33.5 Å². The van der Waals surface area contributed by atoms with E-state index in [2.05, 4.69) is 0 Å². The van der Waals surface area contributed by atoms with E-state index in [-0.39, 0.29) is 15.7 Å². The summed E-state index contributed by atoms with van der Waals surface area (Å²) < 4.78 is 32.1. The number of aliphatic carboxylic acids is 1. The summed E-state index contributed by atoms with van der Waals surface area (Å²) in [6.45, 7) is 4.22. The third-order valence-electron chi connectivity index (χ3n) is 3.09. The van der Waals surface area contributed by atoms with Gasteiger partial charge < -0.3 is 20.4 Å². The smallest absolute Gasteiger partial charge is 0.255 e. The summed E-state index contributed by atoms with van der Waals surface area (Å²) in [5.74, 6) is -2.74. The third kappa shape index (κ3) is 5.08. The molecule has 1 atom stereocenters. The number of aryl methyl sites for hydroxylation is 1. The van der Waals surface area contributed by atoms with Gasteiger partial charge in [0.2, 0.25) is 10.0 Å². The zero-order valence-corrected chi connectivity index (χ0v) is 14.9. The number of rotatable bonds is 8. The first kappa shape index (κ1) is 20.2. The average molecular weight is 378 g/mol. The van der Waals surface area contributed by atoms with Crippen molar-refractivity contribution in [2.75, 3.05) is 6.61 Å². The summed E-state index contributed by atoms with van der Waals surface area (Å²) in [5, 5.41) is 11.0. The van der Waals surface area contributed by atoms with Gasteiger partial charge in [-0.1, -0.05) is 25.4 Å². The molecule has 1 aromatic rings. The van der Waals surface area contributed by atoms with Crippen LogP contribution < -0.4 is 20.3 Å². The van der Waals surface area contributed by atoms with Crippen molar-refractivity contribution in [2.24, 2.45) is 11.7 Å². The lowest BCUT2D eigenvalue weighted by atomic mass is 10.1. The maximum atomic E-state index is 12.4. The Kier molecular flexibility index (Phi) is 6.58. The molecule has 0 saturated heterocycles. The molecule has 0 aliphatic carbocycles. The molecule has 0 aliphatic heterocycles. The van der Waals surface area contributed by atoms with E-state index in [0.29, 0.717) is 5.56 Å². The Bertz CT molecular complexity index is 748. The third-order valence-corrected chi connectivity index (χ3v) is 5.00. The molecule has 10 heteroatoms. The van der Waals surface area contributed by atoms with Crippen molar-refractivity contribution in [2.45, 2.75) is 31.7 Å². The van der Waals surface area contributed by atoms with E-state index in [0.717, 1.165) is 6.07 Å². The largest absolute Gasteiger partial charge is 0.548 e. The summed E-state index contributed by atoms with van der Waals surface area (Å²) >= 11 is 5.96. The number of sulfonamides is 1. The van der Waals surface area contributed by atoms with E-state index in [4.69, 9.17) is 22.1 Å². The quantitative estimate of drug-likeness (QED) is 0.630. The van der Waals surface area contributed by atoms with Crippen molar-refractivity contribution < 1.29 is 27.9 Å². The highest BCUT2D eigenvalue weighted by atomic mass is 35.5. The predicted molar refractivity (Wildman–Crippen MR) is 84.8 cm³/mol. The van der Waals surface area contributed by atoms with Crippen LogP contribution in [0.2, 0.25) is 5.02 Å². The van der Waals surface area contributed by atoms with Gasteiger partial charge in [-0.15, -0.1) is 0 Å². The number of nitrogens with two attached hydrogens (primary N) is 1. The van der Waals surface area contributed by atoms with Gasteiger partial charge in [-0.2, -0.15) is 0 Å². The van der Waals surface area contributed by atoms with E-state index in [9.17, 15) is 23.1 Å². The van der Waals surface area contributed by atoms with Crippen LogP contribution in [0.15, 0.2) is 17.0 Å². The first-order chi connectivity index (χ1) is 11.0. The average Bonchev–Trinajstić information content (AvgIpc) is 2.42. The summed E-state index contributed by atoms with van der Waals surface area (Å²) in [5.41, 5.74) is 5.47. The molecule has 0 radical (unpaired) electrons. The summed E-state index contributed by atoms with van der Waals surface area (Å²) in [7, 11) is -4.26. The molecular weight excluding hydrogens is 360 g/mol. The number of hydrogen-bond acceptors (Lipinski definition) is 6. The van der Waals surface area contributed by atoms with Crippen LogP contribution >= 0.6 is 11.6 Å². The van der Waals surface area contributed by atoms with Gasteiger partial charge in [0.25, 0.3) is 5.91 Å². The predicted octanol–water partition coefficient (Wildman–Crippen LogP) is -0.435. The van der Waals surface area contributed by atoms with Crippen LogP contribution in [0.1, 0.15) is 19.4 Å². The van der Waals surface area contributed by atoms with E-state index in [1.807, 2.05) is 4.72 Å². The lowest BCUT2D eigenvalue weighted by Crippen LogP contribution is -2.50. The second-order valence-corrected chi connectivity index (χ2v) is 7.55. The Morgan fingerprint density at radius 2 is 1.96 bits per heavy atom. The zero-order valence-electron chi connectivity index (χ0n) is 13.3. The molecule has 0 bridgehead atoms. The Morgan fingerprint density at radius 3 is 2.42 bits per heavy atom. The van der Waals surface area contributed by atoms with E-state index >= 15 is 0 Å². The SMILES string of the molecule is Cc1cc(Cl)c(S(=O)(=O)N[C@H](C(=O)[O-])C(C)C)cc1OCC(N)=O. The molecule has 0 aliphatic rings. The number of amides is 1. The fourth-order valence-electron chi connectivity index (χ4n) is 1.83. The Morgan fingerprint density at radius 1 is 1.38 bits per heavy atom. The van der Waals surface area contributed by atoms with Crippen molar-refractivity contribution in [1.82, 2.24) is 4.72 Å². The normalized spacial score (nSPS) is 12.9. The van der Waals surface area contributed by atoms with Crippen molar-refractivity contribution in [3.63, 3.8) is 0 Å². The number of hydrogen-bond donors (Lipinski definition) is 2. The number of carboxylic acids is 1. The molecular formula is C14H18ClN2O6S-. The fraction of sp³-hybridized carbons (Fsp3) is 0.429. The van der Waals surface area contributed by atoms with Gasteiger partial charge in [-0.25, -0.2) is 13.1 Å². The maximum Gasteiger partial charge on any atom is 0.255 e. The first-order valence-corrected chi connectivity index (χ1v) is 8.76. The molecule has 3 N–H and O–H groups in total. The molecule has 0 saturated carbocycles. The molecule has 0 spiro atoms. The molecule has 24 heavy (non-hydrogen) atoms. The lowest BCUT2D eigenvalue weighted by molar-refractivity contribution is -0.309. The van der Waals surface area contributed by atoms with Crippen LogP contribution in [0, 0.1) is 12.8 Å². The number of ether oxygens (including phenoxy) is 1. The molecule has 0 unspecified atom stereocenters. The molecule has 8 nitrogen and oxygen atoms in total. The minimum Gasteiger partial charge on any atom is -0.548 e. The van der Waals surface area contributed by atoms with Crippen molar-refractivity contribution in [1.29, 1.82) is 0 Å². The van der Waals surface area contributed by atoms with Crippen LogP contribution in [0.3, 0.4) is 0 Å². The number of carbonyl (C=O) groups excluding carboxylic acids is 2. The monoisotopic (exact) mass is 377 g/mol. The van der Waals surface area contributed by atoms with Gasteiger partial charge in [0.15, 0.2) is 6.61 Å². The second-order valence-electron chi connectivity index (χ2n) is 5.47. The minimum atomic E-state index is -4.26. The number of carboxylic acid groups (broad SMARTS) is 1. The fourth-order valence-corrected chi connectivity index (χ4v) is 3.76. The lowest BCUT2D eigenvalue weighted by Gasteiger charge is -2.23. The Balaban J connectivity index is 3.25. The molecule has 1 rings (SSSR count). The van der Waals surface area contributed by atoms with E-state index in [1.165, 1.54) is 19.9 Å². The number of halogens is 1. The van der Waals surface area contributed by atoms with Crippen molar-refractivity contribution in [3.05, 3.63) is 22.7 Å². The van der Waals surface area contributed by atoms with Crippen LogP contribution in [0.5, 0.6) is 5.75 Å². The first-order valence-electron chi connectivity index (χ1n) is 6.90. The Hall–Kier alpha value is -1.84. The Labute approximate surface area is 145 Å². The van der Waals surface area contributed by atoms with Crippen LogP contribution in [-0.2, 0) is 19.6 Å². The van der Waals surface area contributed by atoms with Gasteiger partial charge in [0.1, 0.15) is 10.6 Å². The number of carbonyl (C=O) groups is 2.